The van der Waals surface area contributed by atoms with Gasteiger partial charge in [-0.3, -0.25) is 4.55 Å². The van der Waals surface area contributed by atoms with Crippen molar-refractivity contribution in [2.45, 2.75) is 6.42 Å². The molecular formula is C5H14N2O4S. The third-order valence-electron chi connectivity index (χ3n) is 1.05. The average Bonchev–Trinajstić information content (AvgIpc) is 1.94. The molecule has 7 heteroatoms. The molecule has 0 unspecified atom stereocenters. The van der Waals surface area contributed by atoms with Crippen molar-refractivity contribution in [3.05, 3.63) is 0 Å². The molecule has 0 aromatic carbocycles. The Kier molecular flexibility index (Phi) is 6.21. The van der Waals surface area contributed by atoms with Crippen molar-refractivity contribution in [3.8, 4) is 0 Å². The van der Waals surface area contributed by atoms with Crippen LogP contribution in [0.3, 0.4) is 0 Å². The number of nitrogens with one attached hydrogen (secondary N) is 1. The molecule has 0 aromatic rings. The normalized spacial score (nSPS) is 11.8. The van der Waals surface area contributed by atoms with E-state index in [0.29, 0.717) is 26.1 Å². The molecule has 0 aromatic heterocycles. The van der Waals surface area contributed by atoms with Gasteiger partial charge in [0.15, 0.2) is 0 Å². The van der Waals surface area contributed by atoms with Gasteiger partial charge in [0.1, 0.15) is 0 Å². The van der Waals surface area contributed by atoms with Gasteiger partial charge in [0.25, 0.3) is 0 Å². The quantitative estimate of drug-likeness (QED) is 0.349. The molecule has 0 saturated carbocycles. The Labute approximate surface area is 72.0 Å². The zero-order chi connectivity index (χ0) is 9.45. The summed E-state index contributed by atoms with van der Waals surface area (Å²) < 4.78 is 32.2. The summed E-state index contributed by atoms with van der Waals surface area (Å²) in [4.78, 5) is 0. The largest absolute Gasteiger partial charge is 0.397 e. The van der Waals surface area contributed by atoms with Crippen molar-refractivity contribution >= 4 is 10.4 Å². The van der Waals surface area contributed by atoms with Crippen molar-refractivity contribution in [1.82, 2.24) is 5.32 Å². The summed E-state index contributed by atoms with van der Waals surface area (Å²) in [6.07, 6.45) is 0.514. The van der Waals surface area contributed by atoms with Crippen LogP contribution in [0.5, 0.6) is 0 Å². The number of rotatable bonds is 7. The highest BCUT2D eigenvalue weighted by Crippen LogP contribution is 1.87. The van der Waals surface area contributed by atoms with Gasteiger partial charge in [0.2, 0.25) is 0 Å². The van der Waals surface area contributed by atoms with Gasteiger partial charge in [-0.1, -0.05) is 0 Å². The van der Waals surface area contributed by atoms with E-state index in [1.54, 1.807) is 0 Å². The fourth-order valence-electron chi connectivity index (χ4n) is 0.588. The standard InChI is InChI=1S/C5H14N2O4S/c6-2-4-7-3-1-5-11-12(8,9)10/h7H,1-6H2,(H,8,9,10). The molecule has 0 heterocycles. The van der Waals surface area contributed by atoms with Crippen LogP contribution in [0, 0.1) is 0 Å². The third kappa shape index (κ3) is 9.79. The lowest BCUT2D eigenvalue weighted by atomic mass is 10.4. The van der Waals surface area contributed by atoms with Gasteiger partial charge in [-0.2, -0.15) is 8.42 Å². The van der Waals surface area contributed by atoms with Gasteiger partial charge < -0.3 is 11.1 Å². The van der Waals surface area contributed by atoms with Crippen LogP contribution < -0.4 is 11.1 Å². The molecule has 0 aliphatic heterocycles. The van der Waals surface area contributed by atoms with E-state index in [9.17, 15) is 8.42 Å². The molecule has 0 aliphatic rings. The monoisotopic (exact) mass is 198 g/mol. The van der Waals surface area contributed by atoms with Crippen LogP contribution in [0.15, 0.2) is 0 Å². The zero-order valence-corrected chi connectivity index (χ0v) is 7.51. The summed E-state index contributed by atoms with van der Waals surface area (Å²) in [5.41, 5.74) is 5.18. The molecular weight excluding hydrogens is 184 g/mol. The number of hydrogen-bond acceptors (Lipinski definition) is 5. The average molecular weight is 198 g/mol. The van der Waals surface area contributed by atoms with Crippen LogP contribution in [0.4, 0.5) is 0 Å². The molecule has 0 amide bonds. The van der Waals surface area contributed by atoms with Crippen LogP contribution in [0.2, 0.25) is 0 Å². The number of nitrogens with two attached hydrogens (primary N) is 1. The van der Waals surface area contributed by atoms with Gasteiger partial charge >= 0.3 is 10.4 Å². The van der Waals surface area contributed by atoms with Gasteiger partial charge in [0.05, 0.1) is 6.61 Å². The van der Waals surface area contributed by atoms with Crippen LogP contribution in [-0.2, 0) is 14.6 Å². The smallest absolute Gasteiger partial charge is 0.329 e. The Hall–Kier alpha value is -0.210. The van der Waals surface area contributed by atoms with E-state index >= 15 is 0 Å². The Bertz CT molecular complexity index is 192. The highest BCUT2D eigenvalue weighted by molar-refractivity contribution is 7.80. The minimum atomic E-state index is -4.27. The van der Waals surface area contributed by atoms with Crippen LogP contribution in [0.1, 0.15) is 6.42 Å². The molecule has 6 nitrogen and oxygen atoms in total. The van der Waals surface area contributed by atoms with Crippen LogP contribution >= 0.6 is 0 Å². The first-order valence-electron chi connectivity index (χ1n) is 3.59. The lowest BCUT2D eigenvalue weighted by molar-refractivity contribution is 0.264. The lowest BCUT2D eigenvalue weighted by Crippen LogP contribution is -2.24. The molecule has 0 fully saturated rings. The van der Waals surface area contributed by atoms with E-state index in [-0.39, 0.29) is 6.61 Å². The number of hydrogen-bond donors (Lipinski definition) is 3. The molecule has 0 spiro atoms. The highest BCUT2D eigenvalue weighted by atomic mass is 32.3. The van der Waals surface area contributed by atoms with Crippen LogP contribution in [-0.4, -0.2) is 39.2 Å². The fraction of sp³-hybridized carbons (Fsp3) is 1.00. The summed E-state index contributed by atoms with van der Waals surface area (Å²) in [6, 6.07) is 0. The maximum absolute atomic E-state index is 10.0. The van der Waals surface area contributed by atoms with Crippen molar-refractivity contribution in [1.29, 1.82) is 0 Å². The fourth-order valence-corrected chi connectivity index (χ4v) is 0.917. The summed E-state index contributed by atoms with van der Waals surface area (Å²) >= 11 is 0. The van der Waals surface area contributed by atoms with E-state index in [0.717, 1.165) is 0 Å². The summed E-state index contributed by atoms with van der Waals surface area (Å²) in [7, 11) is -4.27. The van der Waals surface area contributed by atoms with Crippen molar-refractivity contribution in [3.63, 3.8) is 0 Å². The van der Waals surface area contributed by atoms with Crippen molar-refractivity contribution < 1.29 is 17.2 Å². The second-order valence-corrected chi connectivity index (χ2v) is 3.23. The van der Waals surface area contributed by atoms with Crippen LogP contribution in [0.25, 0.3) is 0 Å². The lowest BCUT2D eigenvalue weighted by Gasteiger charge is -2.01. The van der Waals surface area contributed by atoms with Gasteiger partial charge in [0, 0.05) is 13.1 Å². The summed E-state index contributed by atoms with van der Waals surface area (Å²) in [5.74, 6) is 0. The molecule has 74 valence electrons. The molecule has 12 heavy (non-hydrogen) atoms. The maximum Gasteiger partial charge on any atom is 0.397 e. The van der Waals surface area contributed by atoms with E-state index in [1.165, 1.54) is 0 Å². The second kappa shape index (κ2) is 6.32. The first-order chi connectivity index (χ1) is 5.56. The molecule has 0 rings (SSSR count). The second-order valence-electron chi connectivity index (χ2n) is 2.14. The van der Waals surface area contributed by atoms with E-state index in [2.05, 4.69) is 9.50 Å². The topological polar surface area (TPSA) is 102 Å². The SMILES string of the molecule is NCCNCCCOS(=O)(=O)O. The summed E-state index contributed by atoms with van der Waals surface area (Å²) in [5, 5.41) is 2.94. The van der Waals surface area contributed by atoms with E-state index < -0.39 is 10.4 Å². The Balaban J connectivity index is 3.12. The van der Waals surface area contributed by atoms with E-state index in [1.807, 2.05) is 0 Å². The Morgan fingerprint density at radius 1 is 1.42 bits per heavy atom. The molecule has 0 bridgehead atoms. The van der Waals surface area contributed by atoms with Gasteiger partial charge in [-0.05, 0) is 13.0 Å². The Morgan fingerprint density at radius 2 is 2.08 bits per heavy atom. The zero-order valence-electron chi connectivity index (χ0n) is 6.69. The Morgan fingerprint density at radius 3 is 2.58 bits per heavy atom. The minimum Gasteiger partial charge on any atom is -0.329 e. The minimum absolute atomic E-state index is 0.0175. The molecule has 0 saturated heterocycles. The molecule has 0 atom stereocenters. The molecule has 0 aliphatic carbocycles. The van der Waals surface area contributed by atoms with Crippen molar-refractivity contribution in [2.75, 3.05) is 26.2 Å². The van der Waals surface area contributed by atoms with E-state index in [4.69, 9.17) is 10.3 Å². The third-order valence-corrected chi connectivity index (χ3v) is 1.52. The summed E-state index contributed by atoms with van der Waals surface area (Å²) in [6.45, 7) is 1.83. The van der Waals surface area contributed by atoms with Crippen molar-refractivity contribution in [2.24, 2.45) is 5.73 Å². The molecule has 4 N–H and O–H groups in total. The predicted octanol–water partition coefficient (Wildman–Crippen LogP) is -1.26. The highest BCUT2D eigenvalue weighted by Gasteiger charge is 2.01. The first-order valence-corrected chi connectivity index (χ1v) is 4.95. The predicted molar refractivity (Wildman–Crippen MR) is 44.0 cm³/mol. The van der Waals surface area contributed by atoms with Gasteiger partial charge in [-0.15, -0.1) is 0 Å². The maximum atomic E-state index is 10.0. The van der Waals surface area contributed by atoms with Gasteiger partial charge in [-0.25, -0.2) is 4.18 Å². The first kappa shape index (κ1) is 11.8. The molecule has 0 radical (unpaired) electrons.